The fourth-order valence-corrected chi connectivity index (χ4v) is 3.98. The molecule has 1 aliphatic rings. The van der Waals surface area contributed by atoms with Crippen LogP contribution in [0.5, 0.6) is 5.19 Å². The van der Waals surface area contributed by atoms with E-state index in [0.717, 1.165) is 36.6 Å². The van der Waals surface area contributed by atoms with Gasteiger partial charge in [-0.25, -0.2) is 9.78 Å². The molecule has 1 aromatic carbocycles. The first-order valence-electron chi connectivity index (χ1n) is 8.53. The highest BCUT2D eigenvalue weighted by Crippen LogP contribution is 2.33. The molecule has 1 N–H and O–H groups in total. The van der Waals surface area contributed by atoms with E-state index in [0.29, 0.717) is 0 Å². The molecule has 1 saturated heterocycles. The second-order valence-electron chi connectivity index (χ2n) is 6.77. The van der Waals surface area contributed by atoms with E-state index < -0.39 is 0 Å². The zero-order valence-electron chi connectivity index (χ0n) is 14.8. The third-order valence-corrected chi connectivity index (χ3v) is 5.41. The van der Waals surface area contributed by atoms with Crippen LogP contribution in [0.25, 0.3) is 10.2 Å². The van der Waals surface area contributed by atoms with Gasteiger partial charge < -0.3 is 15.0 Å². The van der Waals surface area contributed by atoms with Gasteiger partial charge in [0.05, 0.1) is 10.2 Å². The Morgan fingerprint density at radius 2 is 1.96 bits per heavy atom. The molecule has 2 amide bonds. The van der Waals surface area contributed by atoms with Gasteiger partial charge in [0.1, 0.15) is 6.10 Å². The second kappa shape index (κ2) is 6.97. The smallest absolute Gasteiger partial charge is 0.317 e. The first kappa shape index (κ1) is 17.0. The Morgan fingerprint density at radius 3 is 2.58 bits per heavy atom. The Bertz CT molecular complexity index is 694. The molecule has 0 spiro atoms. The Hall–Kier alpha value is -1.82. The minimum Gasteiger partial charge on any atom is -0.467 e. The van der Waals surface area contributed by atoms with Crippen LogP contribution in [0.2, 0.25) is 0 Å². The molecule has 24 heavy (non-hydrogen) atoms. The molecule has 2 aromatic rings. The lowest BCUT2D eigenvalue weighted by atomic mass is 10.1. The predicted octanol–water partition coefficient (Wildman–Crippen LogP) is 3.87. The quantitative estimate of drug-likeness (QED) is 0.917. The van der Waals surface area contributed by atoms with Crippen molar-refractivity contribution in [3.8, 4) is 5.19 Å². The van der Waals surface area contributed by atoms with Gasteiger partial charge in [-0.15, -0.1) is 0 Å². The number of aryl methyl sites for hydroxylation is 2. The van der Waals surface area contributed by atoms with Crippen LogP contribution < -0.4 is 10.1 Å². The van der Waals surface area contributed by atoms with E-state index in [9.17, 15) is 4.79 Å². The summed E-state index contributed by atoms with van der Waals surface area (Å²) in [7, 11) is 0. The molecule has 130 valence electrons. The number of nitrogens with zero attached hydrogens (tertiary/aromatic N) is 2. The highest BCUT2D eigenvalue weighted by molar-refractivity contribution is 7.20. The maximum atomic E-state index is 12.0. The molecule has 3 rings (SSSR count). The Kier molecular flexibility index (Phi) is 4.94. The highest BCUT2D eigenvalue weighted by atomic mass is 32.1. The summed E-state index contributed by atoms with van der Waals surface area (Å²) in [5.41, 5.74) is 3.47. The van der Waals surface area contributed by atoms with Gasteiger partial charge in [-0.1, -0.05) is 23.5 Å². The number of hydrogen-bond donors (Lipinski definition) is 1. The minimum absolute atomic E-state index is 0.0229. The third-order valence-electron chi connectivity index (χ3n) is 4.33. The Balaban J connectivity index is 1.61. The number of piperidine rings is 1. The highest BCUT2D eigenvalue weighted by Gasteiger charge is 2.25. The van der Waals surface area contributed by atoms with Crippen molar-refractivity contribution < 1.29 is 9.53 Å². The second-order valence-corrected chi connectivity index (χ2v) is 7.73. The van der Waals surface area contributed by atoms with Gasteiger partial charge in [-0.3, -0.25) is 0 Å². The van der Waals surface area contributed by atoms with Gasteiger partial charge in [0, 0.05) is 32.0 Å². The van der Waals surface area contributed by atoms with Crippen molar-refractivity contribution >= 4 is 27.6 Å². The molecule has 0 saturated carbocycles. The van der Waals surface area contributed by atoms with E-state index in [-0.39, 0.29) is 18.2 Å². The van der Waals surface area contributed by atoms with E-state index in [1.165, 1.54) is 15.8 Å². The molecular weight excluding hydrogens is 322 g/mol. The topological polar surface area (TPSA) is 54.5 Å². The molecule has 0 atom stereocenters. The number of hydrogen-bond acceptors (Lipinski definition) is 4. The van der Waals surface area contributed by atoms with Crippen LogP contribution in [0.15, 0.2) is 12.1 Å². The number of carbonyl (C=O) groups excluding carboxylic acids is 1. The lowest BCUT2D eigenvalue weighted by molar-refractivity contribution is 0.110. The van der Waals surface area contributed by atoms with Crippen LogP contribution in [-0.4, -0.2) is 41.2 Å². The van der Waals surface area contributed by atoms with Crippen LogP contribution >= 0.6 is 11.3 Å². The number of benzene rings is 1. The van der Waals surface area contributed by atoms with Gasteiger partial charge in [0.15, 0.2) is 0 Å². The molecule has 0 bridgehead atoms. The van der Waals surface area contributed by atoms with Crippen LogP contribution in [0.3, 0.4) is 0 Å². The summed E-state index contributed by atoms with van der Waals surface area (Å²) in [6.07, 6.45) is 1.83. The number of rotatable bonds is 3. The van der Waals surface area contributed by atoms with Gasteiger partial charge >= 0.3 is 6.03 Å². The number of likely N-dealkylation sites (tertiary alicyclic amines) is 1. The van der Waals surface area contributed by atoms with Gasteiger partial charge in [-0.05, 0) is 38.8 Å². The number of carbonyl (C=O) groups is 1. The molecule has 0 radical (unpaired) electrons. The first-order valence-corrected chi connectivity index (χ1v) is 9.34. The number of aromatic nitrogens is 1. The summed E-state index contributed by atoms with van der Waals surface area (Å²) in [6.45, 7) is 9.60. The fourth-order valence-electron chi connectivity index (χ4n) is 2.95. The van der Waals surface area contributed by atoms with Crippen molar-refractivity contribution in [3.05, 3.63) is 23.3 Å². The average molecular weight is 347 g/mol. The summed E-state index contributed by atoms with van der Waals surface area (Å²) in [5, 5.41) is 3.69. The lowest BCUT2D eigenvalue weighted by Crippen LogP contribution is -2.48. The molecular formula is C18H25N3O2S. The van der Waals surface area contributed by atoms with E-state index in [2.05, 4.69) is 36.3 Å². The summed E-state index contributed by atoms with van der Waals surface area (Å²) in [5.74, 6) is 0. The van der Waals surface area contributed by atoms with Crippen LogP contribution in [-0.2, 0) is 0 Å². The number of fused-ring (bicyclic) bond motifs is 1. The molecule has 0 aliphatic carbocycles. The van der Waals surface area contributed by atoms with Crippen molar-refractivity contribution in [2.75, 3.05) is 13.1 Å². The van der Waals surface area contributed by atoms with E-state index >= 15 is 0 Å². The zero-order chi connectivity index (χ0) is 17.3. The standard InChI is InChI=1S/C18H25N3O2S/c1-11(2)19-17(22)21-9-7-14(8-10-21)23-18-20-15-12(3)5-6-13(4)16(15)24-18/h5-6,11,14H,7-10H2,1-4H3,(H,19,22). The number of amides is 2. The van der Waals surface area contributed by atoms with Crippen molar-refractivity contribution in [2.45, 2.75) is 52.7 Å². The molecule has 5 nitrogen and oxygen atoms in total. The van der Waals surface area contributed by atoms with E-state index in [1.807, 2.05) is 18.7 Å². The third kappa shape index (κ3) is 3.64. The predicted molar refractivity (Wildman–Crippen MR) is 98.0 cm³/mol. The van der Waals surface area contributed by atoms with Gasteiger partial charge in [0.2, 0.25) is 0 Å². The molecule has 2 heterocycles. The minimum atomic E-state index is 0.0229. The Labute approximate surface area is 147 Å². The van der Waals surface area contributed by atoms with Crippen LogP contribution in [0, 0.1) is 13.8 Å². The fraction of sp³-hybridized carbons (Fsp3) is 0.556. The van der Waals surface area contributed by atoms with Crippen molar-refractivity contribution in [1.29, 1.82) is 0 Å². The first-order chi connectivity index (χ1) is 11.4. The monoisotopic (exact) mass is 347 g/mol. The van der Waals surface area contributed by atoms with Gasteiger partial charge in [0.25, 0.3) is 5.19 Å². The maximum Gasteiger partial charge on any atom is 0.317 e. The summed E-state index contributed by atoms with van der Waals surface area (Å²) in [4.78, 5) is 18.6. The molecule has 6 heteroatoms. The number of thiazole rings is 1. The van der Waals surface area contributed by atoms with Crippen molar-refractivity contribution in [1.82, 2.24) is 15.2 Å². The average Bonchev–Trinajstić information content (AvgIpc) is 2.96. The number of ether oxygens (including phenoxy) is 1. The zero-order valence-corrected chi connectivity index (χ0v) is 15.6. The van der Waals surface area contributed by atoms with Crippen LogP contribution in [0.1, 0.15) is 37.8 Å². The molecule has 1 aromatic heterocycles. The van der Waals surface area contributed by atoms with Gasteiger partial charge in [-0.2, -0.15) is 0 Å². The van der Waals surface area contributed by atoms with E-state index in [4.69, 9.17) is 4.74 Å². The summed E-state index contributed by atoms with van der Waals surface area (Å²) in [6, 6.07) is 4.42. The normalized spacial score (nSPS) is 16.0. The molecule has 0 unspecified atom stereocenters. The summed E-state index contributed by atoms with van der Waals surface area (Å²) < 4.78 is 7.32. The maximum absolute atomic E-state index is 12.0. The largest absolute Gasteiger partial charge is 0.467 e. The van der Waals surface area contributed by atoms with E-state index in [1.54, 1.807) is 11.3 Å². The Morgan fingerprint density at radius 1 is 1.29 bits per heavy atom. The number of nitrogens with one attached hydrogen (secondary N) is 1. The van der Waals surface area contributed by atoms with Crippen molar-refractivity contribution in [3.63, 3.8) is 0 Å². The SMILES string of the molecule is Cc1ccc(C)c2sc(OC3CCN(C(=O)NC(C)C)CC3)nc12. The number of urea groups is 1. The molecule has 1 fully saturated rings. The molecule has 1 aliphatic heterocycles. The summed E-state index contributed by atoms with van der Waals surface area (Å²) >= 11 is 1.62. The van der Waals surface area contributed by atoms with Crippen LogP contribution in [0.4, 0.5) is 4.79 Å². The lowest BCUT2D eigenvalue weighted by Gasteiger charge is -2.32. The van der Waals surface area contributed by atoms with Crippen molar-refractivity contribution in [2.24, 2.45) is 0 Å².